The van der Waals surface area contributed by atoms with E-state index in [1.54, 1.807) is 0 Å². The third kappa shape index (κ3) is 2.81. The van der Waals surface area contributed by atoms with Gasteiger partial charge in [0.1, 0.15) is 12.3 Å². The molecule has 0 spiro atoms. The fourth-order valence-corrected chi connectivity index (χ4v) is 0.438. The number of aldehydes is 1. The molecule has 0 aliphatic heterocycles. The Kier molecular flexibility index (Phi) is 3.62. The molecule has 4 nitrogen and oxygen atoms in total. The molecule has 9 heavy (non-hydrogen) atoms. The summed E-state index contributed by atoms with van der Waals surface area (Å²) in [7, 11) is 1.50. The molecule has 0 fully saturated rings. The van der Waals surface area contributed by atoms with E-state index in [2.05, 4.69) is 5.32 Å². The van der Waals surface area contributed by atoms with Gasteiger partial charge in [-0.3, -0.25) is 4.79 Å². The van der Waals surface area contributed by atoms with Gasteiger partial charge in [0.05, 0.1) is 0 Å². The van der Waals surface area contributed by atoms with Crippen LogP contribution in [0.2, 0.25) is 0 Å². The number of carboxylic acids is 1. The second kappa shape index (κ2) is 4.03. The van der Waals surface area contributed by atoms with Crippen LogP contribution in [0.3, 0.4) is 0 Å². The van der Waals surface area contributed by atoms with E-state index < -0.39 is 12.0 Å². The Bertz CT molecular complexity index is 113. The van der Waals surface area contributed by atoms with Gasteiger partial charge in [-0.2, -0.15) is 0 Å². The van der Waals surface area contributed by atoms with Crippen molar-refractivity contribution in [2.45, 2.75) is 12.5 Å². The maximum atomic E-state index is 10.1. The zero-order valence-corrected chi connectivity index (χ0v) is 5.13. The van der Waals surface area contributed by atoms with Crippen LogP contribution in [0.25, 0.3) is 0 Å². The molecule has 0 aliphatic carbocycles. The predicted molar refractivity (Wildman–Crippen MR) is 31.2 cm³/mol. The molecule has 0 aliphatic rings. The standard InChI is InChI=1S/C5H9NO3/c1-6-4(2-3-7)5(8)9/h3-4,6H,2H2,1H3,(H,8,9). The molecule has 0 aromatic carbocycles. The number of likely N-dealkylation sites (N-methyl/N-ethyl adjacent to an activating group) is 1. The number of aliphatic carboxylic acids is 1. The van der Waals surface area contributed by atoms with Crippen molar-refractivity contribution in [1.29, 1.82) is 0 Å². The van der Waals surface area contributed by atoms with Crippen LogP contribution >= 0.6 is 0 Å². The molecule has 0 radical (unpaired) electrons. The van der Waals surface area contributed by atoms with Crippen molar-refractivity contribution in [2.75, 3.05) is 7.05 Å². The smallest absolute Gasteiger partial charge is 0.321 e. The lowest BCUT2D eigenvalue weighted by molar-refractivity contribution is -0.140. The summed E-state index contributed by atoms with van der Waals surface area (Å²) in [5.74, 6) is -0.996. The normalized spacial score (nSPS) is 12.6. The van der Waals surface area contributed by atoms with E-state index in [0.29, 0.717) is 6.29 Å². The van der Waals surface area contributed by atoms with Crippen LogP contribution in [0.5, 0.6) is 0 Å². The SMILES string of the molecule is CNC(CC=O)C(=O)O. The van der Waals surface area contributed by atoms with Crippen molar-refractivity contribution in [3.8, 4) is 0 Å². The average Bonchev–Trinajstić information content (AvgIpc) is 1.82. The molecule has 0 aromatic heterocycles. The summed E-state index contributed by atoms with van der Waals surface area (Å²) in [5.41, 5.74) is 0. The highest BCUT2D eigenvalue weighted by Gasteiger charge is 2.12. The van der Waals surface area contributed by atoms with E-state index >= 15 is 0 Å². The Balaban J connectivity index is 3.67. The molecule has 52 valence electrons. The molecule has 0 heterocycles. The number of carbonyl (C=O) groups is 2. The summed E-state index contributed by atoms with van der Waals surface area (Å²) in [6, 6.07) is -0.734. The first-order chi connectivity index (χ1) is 4.22. The number of nitrogens with one attached hydrogen (secondary N) is 1. The van der Waals surface area contributed by atoms with Gasteiger partial charge in [-0.25, -0.2) is 0 Å². The lowest BCUT2D eigenvalue weighted by Gasteiger charge is -2.04. The zero-order chi connectivity index (χ0) is 7.28. The van der Waals surface area contributed by atoms with Gasteiger partial charge in [-0.15, -0.1) is 0 Å². The minimum absolute atomic E-state index is 0.0197. The van der Waals surface area contributed by atoms with E-state index in [1.807, 2.05) is 0 Å². The Hall–Kier alpha value is -0.900. The molecule has 1 atom stereocenters. The number of hydrogen-bond donors (Lipinski definition) is 2. The summed E-state index contributed by atoms with van der Waals surface area (Å²) in [5, 5.41) is 10.8. The molecule has 0 rings (SSSR count). The first-order valence-corrected chi connectivity index (χ1v) is 2.56. The minimum Gasteiger partial charge on any atom is -0.480 e. The predicted octanol–water partition coefficient (Wildman–Crippen LogP) is -0.752. The van der Waals surface area contributed by atoms with E-state index in [0.717, 1.165) is 0 Å². The second-order valence-electron chi connectivity index (χ2n) is 1.58. The monoisotopic (exact) mass is 131 g/mol. The first kappa shape index (κ1) is 8.10. The largest absolute Gasteiger partial charge is 0.480 e. The Labute approximate surface area is 52.9 Å². The second-order valence-corrected chi connectivity index (χ2v) is 1.58. The fraction of sp³-hybridized carbons (Fsp3) is 0.600. The molecule has 0 aromatic rings. The van der Waals surface area contributed by atoms with Gasteiger partial charge in [0.25, 0.3) is 0 Å². The van der Waals surface area contributed by atoms with Gasteiger partial charge >= 0.3 is 5.97 Å². The maximum Gasteiger partial charge on any atom is 0.321 e. The van der Waals surface area contributed by atoms with E-state index in [4.69, 9.17) is 5.11 Å². The van der Waals surface area contributed by atoms with Gasteiger partial charge < -0.3 is 15.2 Å². The van der Waals surface area contributed by atoms with Crippen LogP contribution < -0.4 is 5.32 Å². The Morgan fingerprint density at radius 2 is 2.44 bits per heavy atom. The van der Waals surface area contributed by atoms with Crippen LogP contribution in [0.1, 0.15) is 6.42 Å². The molecule has 4 heteroatoms. The molecule has 1 unspecified atom stereocenters. The van der Waals surface area contributed by atoms with E-state index in [-0.39, 0.29) is 6.42 Å². The lowest BCUT2D eigenvalue weighted by atomic mass is 10.2. The van der Waals surface area contributed by atoms with Gasteiger partial charge in [-0.05, 0) is 7.05 Å². The molecular formula is C5H9NO3. The van der Waals surface area contributed by atoms with Crippen molar-refractivity contribution in [1.82, 2.24) is 5.32 Å². The van der Waals surface area contributed by atoms with E-state index in [9.17, 15) is 9.59 Å². The lowest BCUT2D eigenvalue weighted by Crippen LogP contribution is -2.33. The quantitative estimate of drug-likeness (QED) is 0.492. The number of rotatable bonds is 4. The fourth-order valence-electron chi connectivity index (χ4n) is 0.438. The van der Waals surface area contributed by atoms with Gasteiger partial charge in [0.2, 0.25) is 0 Å². The van der Waals surface area contributed by atoms with Crippen molar-refractivity contribution in [3.05, 3.63) is 0 Å². The highest BCUT2D eigenvalue weighted by Crippen LogP contribution is 1.85. The maximum absolute atomic E-state index is 10.1. The van der Waals surface area contributed by atoms with Crippen molar-refractivity contribution >= 4 is 12.3 Å². The van der Waals surface area contributed by atoms with E-state index in [1.165, 1.54) is 7.05 Å². The third-order valence-corrected chi connectivity index (χ3v) is 0.978. The topological polar surface area (TPSA) is 66.4 Å². The summed E-state index contributed by atoms with van der Waals surface area (Å²) < 4.78 is 0. The molecule has 0 saturated carbocycles. The number of hydrogen-bond acceptors (Lipinski definition) is 3. The summed E-state index contributed by atoms with van der Waals surface area (Å²) in [4.78, 5) is 19.9. The molecular weight excluding hydrogens is 122 g/mol. The van der Waals surface area contributed by atoms with Gasteiger partial charge in [0.15, 0.2) is 0 Å². The van der Waals surface area contributed by atoms with Crippen molar-refractivity contribution in [2.24, 2.45) is 0 Å². The van der Waals surface area contributed by atoms with Gasteiger partial charge in [0, 0.05) is 6.42 Å². The van der Waals surface area contributed by atoms with Gasteiger partial charge in [-0.1, -0.05) is 0 Å². The minimum atomic E-state index is -0.996. The average molecular weight is 131 g/mol. The van der Waals surface area contributed by atoms with Crippen LogP contribution in [0, 0.1) is 0 Å². The molecule has 0 amide bonds. The summed E-state index contributed by atoms with van der Waals surface area (Å²) in [6.07, 6.45) is 0.598. The van der Waals surface area contributed by atoms with Crippen LogP contribution in [0.15, 0.2) is 0 Å². The number of carboxylic acid groups (broad SMARTS) is 1. The molecule has 0 bridgehead atoms. The Morgan fingerprint density at radius 1 is 1.89 bits per heavy atom. The van der Waals surface area contributed by atoms with Crippen LogP contribution in [0.4, 0.5) is 0 Å². The summed E-state index contributed by atoms with van der Waals surface area (Å²) >= 11 is 0. The third-order valence-electron chi connectivity index (χ3n) is 0.978. The number of carbonyl (C=O) groups excluding carboxylic acids is 1. The first-order valence-electron chi connectivity index (χ1n) is 2.56. The van der Waals surface area contributed by atoms with Crippen molar-refractivity contribution < 1.29 is 14.7 Å². The molecule has 0 saturated heterocycles. The molecule has 2 N–H and O–H groups in total. The summed E-state index contributed by atoms with van der Waals surface area (Å²) in [6.45, 7) is 0. The zero-order valence-electron chi connectivity index (χ0n) is 5.13. The highest BCUT2D eigenvalue weighted by molar-refractivity contribution is 5.76. The highest BCUT2D eigenvalue weighted by atomic mass is 16.4. The van der Waals surface area contributed by atoms with Crippen LogP contribution in [-0.4, -0.2) is 30.5 Å². The van der Waals surface area contributed by atoms with Crippen LogP contribution in [-0.2, 0) is 9.59 Å². The Morgan fingerprint density at radius 3 is 2.56 bits per heavy atom. The van der Waals surface area contributed by atoms with Crippen molar-refractivity contribution in [3.63, 3.8) is 0 Å².